The van der Waals surface area contributed by atoms with Crippen molar-refractivity contribution in [1.82, 2.24) is 4.98 Å². The summed E-state index contributed by atoms with van der Waals surface area (Å²) in [4.78, 5) is 14.7. The van der Waals surface area contributed by atoms with Crippen molar-refractivity contribution >= 4 is 27.2 Å². The lowest BCUT2D eigenvalue weighted by molar-refractivity contribution is -0.384. The molecular weight excluding hydrogens is 280 g/mol. The number of hydrogen-bond acceptors (Lipinski definition) is 6. The number of fused-ring (bicyclic) bond motifs is 1. The highest BCUT2D eigenvalue weighted by Crippen LogP contribution is 2.38. The smallest absolute Gasteiger partial charge is 0.338 e. The third-order valence-corrected chi connectivity index (χ3v) is 3.46. The van der Waals surface area contributed by atoms with E-state index >= 15 is 0 Å². The normalized spacial score (nSPS) is 10.6. The summed E-state index contributed by atoms with van der Waals surface area (Å²) in [7, 11) is 0. The fourth-order valence-corrected chi connectivity index (χ4v) is 2.51. The Balaban J connectivity index is 2.11. The minimum Gasteiger partial charge on any atom is -0.508 e. The van der Waals surface area contributed by atoms with Crippen LogP contribution in [0.4, 0.5) is 5.69 Å². The highest BCUT2D eigenvalue weighted by Gasteiger charge is 2.22. The summed E-state index contributed by atoms with van der Waals surface area (Å²) in [5.41, 5.74) is 1.68. The van der Waals surface area contributed by atoms with E-state index in [0.29, 0.717) is 11.3 Å². The quantitative estimate of drug-likeness (QED) is 0.586. The molecule has 0 aliphatic rings. The maximum Gasteiger partial charge on any atom is 0.338 e. The molecule has 0 atom stereocenters. The third-order valence-electron chi connectivity index (χ3n) is 2.67. The number of nitrogens with zero attached hydrogens (tertiary/aromatic N) is 2. The van der Waals surface area contributed by atoms with Gasteiger partial charge >= 0.3 is 5.69 Å². The molecule has 6 nitrogen and oxygen atoms in total. The molecule has 20 heavy (non-hydrogen) atoms. The lowest BCUT2D eigenvalue weighted by Gasteiger charge is -2.06. The van der Waals surface area contributed by atoms with E-state index in [1.54, 1.807) is 23.7 Å². The Morgan fingerprint density at radius 1 is 1.30 bits per heavy atom. The molecule has 0 unspecified atom stereocenters. The van der Waals surface area contributed by atoms with Gasteiger partial charge in [0.15, 0.2) is 5.52 Å². The van der Waals surface area contributed by atoms with E-state index in [2.05, 4.69) is 4.98 Å². The van der Waals surface area contributed by atoms with Crippen molar-refractivity contribution in [1.29, 1.82) is 0 Å². The van der Waals surface area contributed by atoms with E-state index in [9.17, 15) is 15.2 Å². The maximum absolute atomic E-state index is 11.2. The first-order valence-electron chi connectivity index (χ1n) is 5.62. The molecule has 100 valence electrons. The number of phenols is 1. The molecule has 3 aromatic rings. The number of aromatic hydroxyl groups is 1. The van der Waals surface area contributed by atoms with Crippen LogP contribution in [-0.4, -0.2) is 15.0 Å². The minimum atomic E-state index is -0.514. The van der Waals surface area contributed by atoms with Crippen LogP contribution in [0, 0.1) is 10.1 Å². The van der Waals surface area contributed by atoms with Gasteiger partial charge in [0.2, 0.25) is 5.75 Å². The van der Waals surface area contributed by atoms with Crippen LogP contribution in [0.1, 0.15) is 0 Å². The number of benzene rings is 2. The molecular formula is C13H8N2O4S. The Hall–Kier alpha value is -2.67. The third kappa shape index (κ3) is 2.14. The van der Waals surface area contributed by atoms with Gasteiger partial charge in [-0.05, 0) is 24.3 Å². The lowest BCUT2D eigenvalue weighted by atomic mass is 10.2. The van der Waals surface area contributed by atoms with Gasteiger partial charge in [0.1, 0.15) is 11.5 Å². The highest BCUT2D eigenvalue weighted by atomic mass is 32.1. The number of nitro benzene ring substituents is 1. The molecule has 0 saturated heterocycles. The summed E-state index contributed by atoms with van der Waals surface area (Å²) in [5.74, 6) is 0.446. The molecule has 0 amide bonds. The molecule has 0 aliphatic heterocycles. The SMILES string of the molecule is O=[N+]([O-])c1c(Oc2cccc(O)c2)ccc2scnc12. The van der Waals surface area contributed by atoms with Gasteiger partial charge < -0.3 is 9.84 Å². The Morgan fingerprint density at radius 2 is 2.15 bits per heavy atom. The van der Waals surface area contributed by atoms with Crippen molar-refractivity contribution in [2.75, 3.05) is 0 Å². The second kappa shape index (κ2) is 4.78. The van der Waals surface area contributed by atoms with E-state index < -0.39 is 4.92 Å². The highest BCUT2D eigenvalue weighted by molar-refractivity contribution is 7.16. The maximum atomic E-state index is 11.2. The monoisotopic (exact) mass is 288 g/mol. The summed E-state index contributed by atoms with van der Waals surface area (Å²) in [6.07, 6.45) is 0. The Labute approximate surface area is 117 Å². The van der Waals surface area contributed by atoms with E-state index in [4.69, 9.17) is 4.74 Å². The van der Waals surface area contributed by atoms with Crippen molar-refractivity contribution in [2.45, 2.75) is 0 Å². The molecule has 7 heteroatoms. The van der Waals surface area contributed by atoms with Crippen LogP contribution in [0.3, 0.4) is 0 Å². The van der Waals surface area contributed by atoms with Crippen molar-refractivity contribution in [3.63, 3.8) is 0 Å². The predicted octanol–water partition coefficient (Wildman–Crippen LogP) is 3.70. The number of ether oxygens (including phenoxy) is 1. The van der Waals surface area contributed by atoms with Crippen LogP contribution in [0.15, 0.2) is 41.9 Å². The second-order valence-electron chi connectivity index (χ2n) is 3.97. The summed E-state index contributed by atoms with van der Waals surface area (Å²) in [6.45, 7) is 0. The first-order chi connectivity index (χ1) is 9.65. The molecule has 0 saturated carbocycles. The zero-order chi connectivity index (χ0) is 14.1. The van der Waals surface area contributed by atoms with Crippen LogP contribution < -0.4 is 4.74 Å². The van der Waals surface area contributed by atoms with Crippen LogP contribution in [0.5, 0.6) is 17.2 Å². The molecule has 0 radical (unpaired) electrons. The molecule has 1 heterocycles. The van der Waals surface area contributed by atoms with Gasteiger partial charge in [-0.3, -0.25) is 10.1 Å². The van der Waals surface area contributed by atoms with E-state index in [-0.39, 0.29) is 17.2 Å². The molecule has 0 aliphatic carbocycles. The second-order valence-corrected chi connectivity index (χ2v) is 4.85. The van der Waals surface area contributed by atoms with Gasteiger partial charge in [-0.2, -0.15) is 0 Å². The first-order valence-corrected chi connectivity index (χ1v) is 6.50. The average molecular weight is 288 g/mol. The molecule has 0 bridgehead atoms. The van der Waals surface area contributed by atoms with Gasteiger partial charge in [-0.1, -0.05) is 6.07 Å². The predicted molar refractivity (Wildman–Crippen MR) is 74.5 cm³/mol. The number of phenolic OH excluding ortho intramolecular Hbond substituents is 1. The molecule has 0 fully saturated rings. The van der Waals surface area contributed by atoms with E-state index in [1.165, 1.54) is 29.5 Å². The number of rotatable bonds is 3. The lowest BCUT2D eigenvalue weighted by Crippen LogP contribution is -1.94. The topological polar surface area (TPSA) is 85.5 Å². The summed E-state index contributed by atoms with van der Waals surface area (Å²) < 4.78 is 6.21. The molecule has 1 aromatic heterocycles. The van der Waals surface area contributed by atoms with Gasteiger partial charge in [-0.15, -0.1) is 11.3 Å². The molecule has 3 rings (SSSR count). The molecule has 2 aromatic carbocycles. The first kappa shape index (κ1) is 12.4. The number of thiazole rings is 1. The number of nitro groups is 1. The van der Waals surface area contributed by atoms with Crippen molar-refractivity contribution in [3.8, 4) is 17.2 Å². The minimum absolute atomic E-state index is 0.0277. The van der Waals surface area contributed by atoms with Crippen LogP contribution in [0.2, 0.25) is 0 Å². The standard InChI is InChI=1S/C13H8N2O4S/c16-8-2-1-3-9(6-8)19-10-4-5-11-12(14-7-20-11)13(10)15(17)18/h1-7,16H. The van der Waals surface area contributed by atoms with Crippen LogP contribution in [0.25, 0.3) is 10.2 Å². The van der Waals surface area contributed by atoms with Gasteiger partial charge in [0, 0.05) is 6.07 Å². The van der Waals surface area contributed by atoms with Crippen molar-refractivity contribution in [3.05, 3.63) is 52.0 Å². The fourth-order valence-electron chi connectivity index (χ4n) is 1.83. The van der Waals surface area contributed by atoms with Crippen LogP contribution in [-0.2, 0) is 0 Å². The summed E-state index contributed by atoms with van der Waals surface area (Å²) >= 11 is 1.33. The van der Waals surface area contributed by atoms with Gasteiger partial charge in [0.25, 0.3) is 0 Å². The zero-order valence-electron chi connectivity index (χ0n) is 10.0. The van der Waals surface area contributed by atoms with E-state index in [0.717, 1.165) is 4.70 Å². The zero-order valence-corrected chi connectivity index (χ0v) is 10.8. The summed E-state index contributed by atoms with van der Waals surface area (Å²) in [6, 6.07) is 9.33. The van der Waals surface area contributed by atoms with E-state index in [1.807, 2.05) is 0 Å². The van der Waals surface area contributed by atoms with Gasteiger partial charge in [-0.25, -0.2) is 4.98 Å². The number of aromatic nitrogens is 1. The molecule has 0 spiro atoms. The number of hydrogen-bond donors (Lipinski definition) is 1. The summed E-state index contributed by atoms with van der Waals surface area (Å²) in [5, 5.41) is 20.6. The Kier molecular flexibility index (Phi) is 2.96. The molecule has 1 N–H and O–H groups in total. The van der Waals surface area contributed by atoms with Crippen molar-refractivity contribution in [2.24, 2.45) is 0 Å². The fraction of sp³-hybridized carbons (Fsp3) is 0. The van der Waals surface area contributed by atoms with Crippen LogP contribution >= 0.6 is 11.3 Å². The largest absolute Gasteiger partial charge is 0.508 e. The Morgan fingerprint density at radius 3 is 2.90 bits per heavy atom. The Bertz CT molecular complexity index is 800. The van der Waals surface area contributed by atoms with Gasteiger partial charge in [0.05, 0.1) is 15.1 Å². The van der Waals surface area contributed by atoms with Crippen molar-refractivity contribution < 1.29 is 14.8 Å². The average Bonchev–Trinajstić information content (AvgIpc) is 2.86.